The van der Waals surface area contributed by atoms with Crippen LogP contribution in [0.4, 0.5) is 5.69 Å². The third-order valence-electron chi connectivity index (χ3n) is 5.84. The maximum atomic E-state index is 5.49. The average molecular weight is 368 g/mol. The Hall–Kier alpha value is -3.20. The van der Waals surface area contributed by atoms with Gasteiger partial charge in [0.2, 0.25) is 0 Å². The summed E-state index contributed by atoms with van der Waals surface area (Å²) >= 11 is 0. The molecule has 140 valence electrons. The Morgan fingerprint density at radius 2 is 1.82 bits per heavy atom. The molecule has 3 aromatic carbocycles. The van der Waals surface area contributed by atoms with E-state index in [0.29, 0.717) is 6.04 Å². The zero-order chi connectivity index (χ0) is 18.9. The van der Waals surface area contributed by atoms with Crippen molar-refractivity contribution < 1.29 is 4.74 Å². The van der Waals surface area contributed by atoms with Gasteiger partial charge in [0.15, 0.2) is 0 Å². The van der Waals surface area contributed by atoms with E-state index in [9.17, 15) is 0 Å². The van der Waals surface area contributed by atoms with Crippen LogP contribution in [-0.2, 0) is 13.0 Å². The van der Waals surface area contributed by atoms with E-state index in [4.69, 9.17) is 4.74 Å². The quantitative estimate of drug-likeness (QED) is 0.488. The molecule has 5 rings (SSSR count). The summed E-state index contributed by atoms with van der Waals surface area (Å²) in [6.45, 7) is 0.902. The molecule has 0 radical (unpaired) electrons. The first-order chi connectivity index (χ1) is 13.8. The number of methoxy groups -OCH3 is 1. The molecule has 1 N–H and O–H groups in total. The first kappa shape index (κ1) is 16.9. The van der Waals surface area contributed by atoms with E-state index in [0.717, 1.165) is 30.7 Å². The number of aryl methyl sites for hydroxylation is 1. The highest BCUT2D eigenvalue weighted by Gasteiger charge is 2.29. The molecule has 0 spiro atoms. The van der Waals surface area contributed by atoms with Crippen molar-refractivity contribution in [1.82, 2.24) is 4.98 Å². The zero-order valence-corrected chi connectivity index (χ0v) is 16.1. The van der Waals surface area contributed by atoms with Gasteiger partial charge in [-0.15, -0.1) is 0 Å². The van der Waals surface area contributed by atoms with Crippen LogP contribution >= 0.6 is 0 Å². The maximum absolute atomic E-state index is 5.49. The van der Waals surface area contributed by atoms with Gasteiger partial charge in [-0.2, -0.15) is 0 Å². The Morgan fingerprint density at radius 1 is 1.00 bits per heavy atom. The number of nitrogens with one attached hydrogen (secondary N) is 1. The Labute approximate surface area is 165 Å². The minimum absolute atomic E-state index is 0.330. The fourth-order valence-electron chi connectivity index (χ4n) is 4.44. The molecule has 3 nitrogen and oxygen atoms in total. The number of fused-ring (bicyclic) bond motifs is 2. The predicted octanol–water partition coefficient (Wildman–Crippen LogP) is 5.87. The van der Waals surface area contributed by atoms with Crippen LogP contribution in [0.1, 0.15) is 29.2 Å². The molecule has 3 heteroatoms. The van der Waals surface area contributed by atoms with Crippen LogP contribution in [0.15, 0.2) is 79.0 Å². The van der Waals surface area contributed by atoms with E-state index < -0.39 is 0 Å². The molecule has 0 saturated carbocycles. The molecule has 0 amide bonds. The van der Waals surface area contributed by atoms with E-state index in [1.54, 1.807) is 7.11 Å². The number of H-pyrrole nitrogens is 1. The van der Waals surface area contributed by atoms with Crippen molar-refractivity contribution in [3.8, 4) is 5.75 Å². The smallest absolute Gasteiger partial charge is 0.119 e. The summed E-state index contributed by atoms with van der Waals surface area (Å²) in [4.78, 5) is 6.03. The molecule has 0 fully saturated rings. The van der Waals surface area contributed by atoms with Crippen LogP contribution < -0.4 is 9.64 Å². The van der Waals surface area contributed by atoms with Crippen molar-refractivity contribution in [2.45, 2.75) is 25.4 Å². The van der Waals surface area contributed by atoms with Crippen LogP contribution in [0.2, 0.25) is 0 Å². The van der Waals surface area contributed by atoms with Crippen LogP contribution in [0.25, 0.3) is 10.9 Å². The lowest BCUT2D eigenvalue weighted by molar-refractivity contribution is 0.415. The first-order valence-electron chi connectivity index (χ1n) is 9.87. The van der Waals surface area contributed by atoms with Gasteiger partial charge in [-0.05, 0) is 53.8 Å². The first-order valence-corrected chi connectivity index (χ1v) is 9.87. The second kappa shape index (κ2) is 7.08. The van der Waals surface area contributed by atoms with E-state index in [1.165, 1.54) is 27.8 Å². The lowest BCUT2D eigenvalue weighted by atomic mass is 9.90. The summed E-state index contributed by atoms with van der Waals surface area (Å²) in [7, 11) is 1.73. The highest BCUT2D eigenvalue weighted by molar-refractivity contribution is 5.85. The Balaban J connectivity index is 1.61. The molecule has 4 aromatic rings. The topological polar surface area (TPSA) is 28.3 Å². The van der Waals surface area contributed by atoms with Crippen LogP contribution in [0, 0.1) is 0 Å². The maximum Gasteiger partial charge on any atom is 0.119 e. The zero-order valence-electron chi connectivity index (χ0n) is 16.1. The molecular formula is C25H24N2O. The van der Waals surface area contributed by atoms with E-state index >= 15 is 0 Å². The number of hydrogen-bond donors (Lipinski definition) is 1. The van der Waals surface area contributed by atoms with Crippen LogP contribution in [-0.4, -0.2) is 12.1 Å². The van der Waals surface area contributed by atoms with Gasteiger partial charge >= 0.3 is 0 Å². The second-order valence-electron chi connectivity index (χ2n) is 7.45. The molecule has 0 bridgehead atoms. The number of rotatable bonds is 4. The number of hydrogen-bond acceptors (Lipinski definition) is 2. The molecule has 2 heterocycles. The van der Waals surface area contributed by atoms with Crippen molar-refractivity contribution in [2.24, 2.45) is 0 Å². The van der Waals surface area contributed by atoms with Crippen molar-refractivity contribution >= 4 is 16.6 Å². The van der Waals surface area contributed by atoms with Gasteiger partial charge in [-0.25, -0.2) is 0 Å². The third-order valence-corrected chi connectivity index (χ3v) is 5.84. The Morgan fingerprint density at radius 3 is 2.68 bits per heavy atom. The number of para-hydroxylation sites is 1. The number of nitrogens with zero attached hydrogens (tertiary/aromatic N) is 1. The number of aromatic nitrogens is 1. The normalized spacial score (nSPS) is 16.2. The summed E-state index contributed by atoms with van der Waals surface area (Å²) in [6.07, 6.45) is 4.39. The minimum Gasteiger partial charge on any atom is -0.497 e. The van der Waals surface area contributed by atoms with E-state index in [2.05, 4.69) is 82.8 Å². The van der Waals surface area contributed by atoms with Gasteiger partial charge in [0, 0.05) is 29.3 Å². The van der Waals surface area contributed by atoms with Gasteiger partial charge in [-0.1, -0.05) is 48.5 Å². The lowest BCUT2D eigenvalue weighted by Gasteiger charge is -2.39. The SMILES string of the molecule is COc1ccc2[nH]cc(C3CCc4ccccc4N3Cc3ccccc3)c2c1. The molecule has 1 aliphatic heterocycles. The van der Waals surface area contributed by atoms with Crippen molar-refractivity contribution in [2.75, 3.05) is 12.0 Å². The fraction of sp³-hybridized carbons (Fsp3) is 0.200. The molecule has 0 aliphatic carbocycles. The minimum atomic E-state index is 0.330. The predicted molar refractivity (Wildman–Crippen MR) is 115 cm³/mol. The summed E-state index contributed by atoms with van der Waals surface area (Å²) in [6, 6.07) is 26.2. The monoisotopic (exact) mass is 368 g/mol. The number of benzene rings is 3. The Kier molecular flexibility index (Phi) is 4.28. The number of ether oxygens (including phenoxy) is 1. The third kappa shape index (κ3) is 2.93. The highest BCUT2D eigenvalue weighted by atomic mass is 16.5. The standard InChI is InChI=1S/C25H24N2O/c1-28-20-12-13-23-21(15-20)22(16-26-23)25-14-11-19-9-5-6-10-24(19)27(25)17-18-7-3-2-4-8-18/h2-10,12-13,15-16,25-26H,11,14,17H2,1H3. The van der Waals surface area contributed by atoms with Gasteiger partial charge < -0.3 is 14.6 Å². The van der Waals surface area contributed by atoms with Crippen molar-refractivity contribution in [1.29, 1.82) is 0 Å². The fourth-order valence-corrected chi connectivity index (χ4v) is 4.44. The molecule has 1 aromatic heterocycles. The van der Waals surface area contributed by atoms with Crippen molar-refractivity contribution in [3.05, 3.63) is 95.7 Å². The summed E-state index contributed by atoms with van der Waals surface area (Å²) in [5.41, 5.74) is 6.63. The second-order valence-corrected chi connectivity index (χ2v) is 7.45. The highest BCUT2D eigenvalue weighted by Crippen LogP contribution is 2.42. The molecule has 1 aliphatic rings. The van der Waals surface area contributed by atoms with Gasteiger partial charge in [0.1, 0.15) is 5.75 Å². The van der Waals surface area contributed by atoms with Gasteiger partial charge in [0.25, 0.3) is 0 Å². The lowest BCUT2D eigenvalue weighted by Crippen LogP contribution is -2.32. The largest absolute Gasteiger partial charge is 0.497 e. The molecular weight excluding hydrogens is 344 g/mol. The van der Waals surface area contributed by atoms with E-state index in [1.807, 2.05) is 6.07 Å². The average Bonchev–Trinajstić information content (AvgIpc) is 3.17. The molecule has 1 unspecified atom stereocenters. The molecule has 28 heavy (non-hydrogen) atoms. The summed E-state index contributed by atoms with van der Waals surface area (Å²) in [5, 5.41) is 1.25. The van der Waals surface area contributed by atoms with Gasteiger partial charge in [0.05, 0.1) is 13.2 Å². The summed E-state index contributed by atoms with van der Waals surface area (Å²) < 4.78 is 5.49. The number of aromatic amines is 1. The van der Waals surface area contributed by atoms with Crippen LogP contribution in [0.3, 0.4) is 0 Å². The Bertz CT molecular complexity index is 1100. The molecule has 0 saturated heterocycles. The van der Waals surface area contributed by atoms with Crippen molar-refractivity contribution in [3.63, 3.8) is 0 Å². The molecule has 1 atom stereocenters. The van der Waals surface area contributed by atoms with Gasteiger partial charge in [-0.3, -0.25) is 0 Å². The van der Waals surface area contributed by atoms with Crippen LogP contribution in [0.5, 0.6) is 5.75 Å². The summed E-state index contributed by atoms with van der Waals surface area (Å²) in [5.74, 6) is 0.902. The van der Waals surface area contributed by atoms with E-state index in [-0.39, 0.29) is 0 Å². The number of anilines is 1.